The van der Waals surface area contributed by atoms with Crippen molar-refractivity contribution < 1.29 is 4.74 Å². The molecule has 28 heavy (non-hydrogen) atoms. The summed E-state index contributed by atoms with van der Waals surface area (Å²) in [4.78, 5) is 0. The molecule has 5 N–H and O–H groups in total. The highest BCUT2D eigenvalue weighted by molar-refractivity contribution is 5.82. The van der Waals surface area contributed by atoms with E-state index in [1.807, 2.05) is 72.8 Å². The van der Waals surface area contributed by atoms with Crippen molar-refractivity contribution in [1.29, 1.82) is 0 Å². The Bertz CT molecular complexity index is 1110. The number of benzene rings is 4. The molecule has 0 saturated heterocycles. The molecule has 4 aromatic carbocycles. The van der Waals surface area contributed by atoms with Crippen molar-refractivity contribution in [2.24, 2.45) is 0 Å². The first kappa shape index (κ1) is 16.3. The van der Waals surface area contributed by atoms with Crippen LogP contribution in [-0.4, -0.2) is 0 Å². The van der Waals surface area contributed by atoms with E-state index < -0.39 is 0 Å². The van der Waals surface area contributed by atoms with Crippen LogP contribution in [-0.2, 0) is 0 Å². The van der Waals surface area contributed by atoms with E-state index in [1.54, 1.807) is 0 Å². The molecule has 0 aliphatic carbocycles. The van der Waals surface area contributed by atoms with Gasteiger partial charge in [0.2, 0.25) is 0 Å². The summed E-state index contributed by atoms with van der Waals surface area (Å²) >= 11 is 0. The molecule has 0 atom stereocenters. The number of fused-ring (bicyclic) bond motifs is 2. The van der Waals surface area contributed by atoms with Crippen molar-refractivity contribution in [3.05, 3.63) is 84.9 Å². The van der Waals surface area contributed by atoms with E-state index in [9.17, 15) is 0 Å². The van der Waals surface area contributed by atoms with Gasteiger partial charge in [0, 0.05) is 11.4 Å². The minimum Gasteiger partial charge on any atom is -0.453 e. The number of anilines is 4. The first-order valence-corrected chi connectivity index (χ1v) is 9.10. The van der Waals surface area contributed by atoms with E-state index in [4.69, 9.17) is 16.2 Å². The Balaban J connectivity index is 1.51. The van der Waals surface area contributed by atoms with Crippen molar-refractivity contribution in [1.82, 2.24) is 0 Å². The summed E-state index contributed by atoms with van der Waals surface area (Å²) in [5.41, 5.74) is 19.5. The molecule has 0 saturated carbocycles. The molecule has 1 heterocycles. The van der Waals surface area contributed by atoms with Crippen LogP contribution < -0.4 is 21.5 Å². The van der Waals surface area contributed by atoms with Gasteiger partial charge in [-0.15, -0.1) is 0 Å². The Morgan fingerprint density at radius 2 is 1.00 bits per heavy atom. The number of nitrogen functional groups attached to an aromatic ring is 2. The maximum atomic E-state index is 6.24. The summed E-state index contributed by atoms with van der Waals surface area (Å²) in [6, 6.07) is 27.9. The fraction of sp³-hybridized carbons (Fsp3) is 0. The van der Waals surface area contributed by atoms with Gasteiger partial charge in [0.15, 0.2) is 11.5 Å². The highest BCUT2D eigenvalue weighted by Gasteiger charge is 2.18. The number of hydrogen-bond donors (Lipinski definition) is 3. The molecule has 0 aromatic heterocycles. The molecular formula is C24H19N3O. The van der Waals surface area contributed by atoms with Gasteiger partial charge < -0.3 is 21.5 Å². The standard InChI is InChI=1S/C24H19N3O/c25-19-5-1-3-15(11-19)17-7-9-21-23(13-17)28-24-14-18(8-10-22(24)27-21)16-4-2-6-20(26)12-16/h1-14,27H,25-26H2. The van der Waals surface area contributed by atoms with E-state index in [0.29, 0.717) is 0 Å². The fourth-order valence-electron chi connectivity index (χ4n) is 3.48. The van der Waals surface area contributed by atoms with Gasteiger partial charge in [0.25, 0.3) is 0 Å². The van der Waals surface area contributed by atoms with Crippen molar-refractivity contribution in [2.45, 2.75) is 0 Å². The molecule has 0 bridgehead atoms. The molecule has 0 unspecified atom stereocenters. The van der Waals surface area contributed by atoms with Crippen LogP contribution in [0.2, 0.25) is 0 Å². The van der Waals surface area contributed by atoms with Crippen LogP contribution in [0.4, 0.5) is 22.7 Å². The Hall–Kier alpha value is -3.92. The molecular weight excluding hydrogens is 346 g/mol. The van der Waals surface area contributed by atoms with Gasteiger partial charge in [-0.1, -0.05) is 36.4 Å². The zero-order valence-corrected chi connectivity index (χ0v) is 15.1. The van der Waals surface area contributed by atoms with Gasteiger partial charge in [0.05, 0.1) is 11.4 Å². The van der Waals surface area contributed by atoms with Gasteiger partial charge in [-0.3, -0.25) is 0 Å². The van der Waals surface area contributed by atoms with Crippen molar-refractivity contribution in [2.75, 3.05) is 16.8 Å². The third-order valence-corrected chi connectivity index (χ3v) is 4.89. The van der Waals surface area contributed by atoms with Gasteiger partial charge in [-0.25, -0.2) is 0 Å². The smallest absolute Gasteiger partial charge is 0.151 e. The molecule has 4 heteroatoms. The maximum Gasteiger partial charge on any atom is 0.151 e. The number of rotatable bonds is 2. The lowest BCUT2D eigenvalue weighted by Gasteiger charge is -2.23. The summed E-state index contributed by atoms with van der Waals surface area (Å²) < 4.78 is 6.24. The van der Waals surface area contributed by atoms with Crippen molar-refractivity contribution in [3.63, 3.8) is 0 Å². The largest absolute Gasteiger partial charge is 0.453 e. The second-order valence-electron chi connectivity index (χ2n) is 6.90. The zero-order valence-electron chi connectivity index (χ0n) is 15.1. The summed E-state index contributed by atoms with van der Waals surface area (Å²) in [6.45, 7) is 0. The van der Waals surface area contributed by atoms with Crippen molar-refractivity contribution in [3.8, 4) is 33.8 Å². The predicted molar refractivity (Wildman–Crippen MR) is 116 cm³/mol. The van der Waals surface area contributed by atoms with Crippen LogP contribution in [0.25, 0.3) is 22.3 Å². The minimum atomic E-state index is 0.742. The molecule has 136 valence electrons. The second-order valence-corrected chi connectivity index (χ2v) is 6.90. The lowest BCUT2D eigenvalue weighted by atomic mass is 10.0. The van der Waals surface area contributed by atoms with E-state index in [1.165, 1.54) is 0 Å². The number of nitrogens with two attached hydrogens (primary N) is 2. The van der Waals surface area contributed by atoms with E-state index in [-0.39, 0.29) is 0 Å². The number of nitrogens with one attached hydrogen (secondary N) is 1. The first-order valence-electron chi connectivity index (χ1n) is 9.10. The van der Waals surface area contributed by atoms with Crippen LogP contribution in [0.5, 0.6) is 11.5 Å². The summed E-state index contributed by atoms with van der Waals surface area (Å²) in [7, 11) is 0. The van der Waals surface area contributed by atoms with Crippen LogP contribution in [0.15, 0.2) is 84.9 Å². The molecule has 0 radical (unpaired) electrons. The van der Waals surface area contributed by atoms with E-state index in [0.717, 1.165) is 56.5 Å². The normalized spacial score (nSPS) is 11.7. The molecule has 0 fully saturated rings. The highest BCUT2D eigenvalue weighted by Crippen LogP contribution is 2.45. The van der Waals surface area contributed by atoms with E-state index in [2.05, 4.69) is 17.4 Å². The molecule has 5 rings (SSSR count). The van der Waals surface area contributed by atoms with Crippen LogP contribution in [0.3, 0.4) is 0 Å². The maximum absolute atomic E-state index is 6.24. The summed E-state index contributed by atoms with van der Waals surface area (Å²) in [5.74, 6) is 1.58. The third-order valence-electron chi connectivity index (χ3n) is 4.89. The van der Waals surface area contributed by atoms with Gasteiger partial charge >= 0.3 is 0 Å². The lowest BCUT2D eigenvalue weighted by molar-refractivity contribution is 0.481. The van der Waals surface area contributed by atoms with Gasteiger partial charge in [0.1, 0.15) is 0 Å². The molecule has 0 spiro atoms. The molecule has 1 aliphatic rings. The number of ether oxygens (including phenoxy) is 1. The van der Waals surface area contributed by atoms with Crippen LogP contribution in [0.1, 0.15) is 0 Å². The summed E-state index contributed by atoms with van der Waals surface area (Å²) in [6.07, 6.45) is 0. The predicted octanol–water partition coefficient (Wildman–Crippen LogP) is 6.03. The van der Waals surface area contributed by atoms with Gasteiger partial charge in [-0.2, -0.15) is 0 Å². The molecule has 4 aromatic rings. The topological polar surface area (TPSA) is 73.3 Å². The number of hydrogen-bond acceptors (Lipinski definition) is 4. The second kappa shape index (κ2) is 6.35. The molecule has 0 amide bonds. The Labute approximate surface area is 163 Å². The summed E-state index contributed by atoms with van der Waals surface area (Å²) in [5, 5.41) is 3.45. The molecule has 1 aliphatic heterocycles. The first-order chi connectivity index (χ1) is 13.7. The van der Waals surface area contributed by atoms with Crippen LogP contribution >= 0.6 is 0 Å². The quantitative estimate of drug-likeness (QED) is 0.334. The SMILES string of the molecule is Nc1cccc(-c2ccc3c(c2)Oc2cc(-c4cccc(N)c4)ccc2N3)c1. The lowest BCUT2D eigenvalue weighted by Crippen LogP contribution is -2.03. The average molecular weight is 365 g/mol. The Morgan fingerprint density at radius 1 is 0.536 bits per heavy atom. The van der Waals surface area contributed by atoms with Gasteiger partial charge in [-0.05, 0) is 70.8 Å². The van der Waals surface area contributed by atoms with Crippen molar-refractivity contribution >= 4 is 22.7 Å². The highest BCUT2D eigenvalue weighted by atomic mass is 16.5. The van der Waals surface area contributed by atoms with E-state index >= 15 is 0 Å². The fourth-order valence-corrected chi connectivity index (χ4v) is 3.48. The monoisotopic (exact) mass is 365 g/mol. The third kappa shape index (κ3) is 2.91. The Morgan fingerprint density at radius 3 is 1.46 bits per heavy atom. The Kier molecular flexibility index (Phi) is 3.69. The van der Waals surface area contributed by atoms with Crippen LogP contribution in [0, 0.1) is 0 Å². The molecule has 4 nitrogen and oxygen atoms in total. The minimum absolute atomic E-state index is 0.742. The average Bonchev–Trinajstić information content (AvgIpc) is 2.71. The zero-order chi connectivity index (χ0) is 19.1.